The molecule has 0 aliphatic heterocycles. The number of aromatic nitrogens is 1. The first-order chi connectivity index (χ1) is 12.1. The third kappa shape index (κ3) is 3.84. The molecule has 0 bridgehead atoms. The Morgan fingerprint density at radius 3 is 2.80 bits per heavy atom. The summed E-state index contributed by atoms with van der Waals surface area (Å²) in [5.41, 5.74) is 1.51. The van der Waals surface area contributed by atoms with Crippen LogP contribution in [0, 0.1) is 0 Å². The summed E-state index contributed by atoms with van der Waals surface area (Å²) < 4.78 is 14.2. The molecule has 0 aliphatic carbocycles. The van der Waals surface area contributed by atoms with Crippen LogP contribution in [0.5, 0.6) is 5.75 Å². The zero-order chi connectivity index (χ0) is 17.8. The third-order valence-electron chi connectivity index (χ3n) is 3.71. The number of halogens is 1. The van der Waals surface area contributed by atoms with Gasteiger partial charge in [0.2, 0.25) is 0 Å². The lowest BCUT2D eigenvalue weighted by Gasteiger charge is -2.05. The van der Waals surface area contributed by atoms with E-state index in [4.69, 9.17) is 9.47 Å². The molecule has 5 nitrogen and oxygen atoms in total. The minimum absolute atomic E-state index is 0.316. The number of amides is 1. The van der Waals surface area contributed by atoms with Gasteiger partial charge in [0.05, 0.1) is 29.5 Å². The van der Waals surface area contributed by atoms with Crippen molar-refractivity contribution in [2.24, 2.45) is 4.99 Å². The van der Waals surface area contributed by atoms with Crippen LogP contribution in [-0.2, 0) is 11.3 Å². The van der Waals surface area contributed by atoms with Crippen LogP contribution in [0.15, 0.2) is 51.9 Å². The highest BCUT2D eigenvalue weighted by molar-refractivity contribution is 9.10. The molecule has 0 fully saturated rings. The van der Waals surface area contributed by atoms with Gasteiger partial charge in [0.25, 0.3) is 5.91 Å². The van der Waals surface area contributed by atoms with Crippen molar-refractivity contribution in [3.63, 3.8) is 0 Å². The number of rotatable bonds is 5. The molecule has 1 amide bonds. The molecule has 1 heterocycles. The van der Waals surface area contributed by atoms with Crippen molar-refractivity contribution in [2.75, 3.05) is 20.8 Å². The second-order valence-corrected chi connectivity index (χ2v) is 7.12. The Kier molecular flexibility index (Phi) is 5.67. The van der Waals surface area contributed by atoms with Crippen molar-refractivity contribution in [3.8, 4) is 5.75 Å². The second kappa shape index (κ2) is 7.95. The molecule has 0 radical (unpaired) electrons. The van der Waals surface area contributed by atoms with Crippen molar-refractivity contribution in [1.82, 2.24) is 4.57 Å². The van der Waals surface area contributed by atoms with E-state index >= 15 is 0 Å². The van der Waals surface area contributed by atoms with Crippen molar-refractivity contribution < 1.29 is 14.3 Å². The maximum absolute atomic E-state index is 12.7. The number of benzene rings is 2. The average Bonchev–Trinajstić information content (AvgIpc) is 2.97. The molecule has 0 unspecified atom stereocenters. The van der Waals surface area contributed by atoms with Gasteiger partial charge < -0.3 is 14.0 Å². The Balaban J connectivity index is 2.10. The van der Waals surface area contributed by atoms with Gasteiger partial charge >= 0.3 is 0 Å². The van der Waals surface area contributed by atoms with Gasteiger partial charge in [-0.2, -0.15) is 4.99 Å². The summed E-state index contributed by atoms with van der Waals surface area (Å²) in [5.74, 6) is 0.300. The average molecular weight is 421 g/mol. The first-order valence-corrected chi connectivity index (χ1v) is 9.25. The summed E-state index contributed by atoms with van der Waals surface area (Å²) >= 11 is 4.90. The molecule has 130 valence electrons. The van der Waals surface area contributed by atoms with Gasteiger partial charge in [-0.1, -0.05) is 23.5 Å². The lowest BCUT2D eigenvalue weighted by Crippen LogP contribution is -2.19. The molecule has 0 aliphatic rings. The summed E-state index contributed by atoms with van der Waals surface area (Å²) in [4.78, 5) is 17.7. The van der Waals surface area contributed by atoms with Crippen LogP contribution in [-0.4, -0.2) is 31.3 Å². The maximum Gasteiger partial charge on any atom is 0.280 e. The van der Waals surface area contributed by atoms with Gasteiger partial charge in [0, 0.05) is 18.1 Å². The lowest BCUT2D eigenvalue weighted by molar-refractivity contribution is 0.0996. The van der Waals surface area contributed by atoms with Gasteiger partial charge in [0.1, 0.15) is 5.75 Å². The molecule has 0 N–H and O–H groups in total. The number of hydrogen-bond donors (Lipinski definition) is 0. The number of nitrogens with zero attached hydrogens (tertiary/aromatic N) is 2. The van der Waals surface area contributed by atoms with Crippen LogP contribution in [0.3, 0.4) is 0 Å². The Labute approximate surface area is 157 Å². The second-order valence-electron chi connectivity index (χ2n) is 5.26. The van der Waals surface area contributed by atoms with Gasteiger partial charge in [-0.15, -0.1) is 0 Å². The van der Waals surface area contributed by atoms with Crippen molar-refractivity contribution in [2.45, 2.75) is 6.54 Å². The van der Waals surface area contributed by atoms with Crippen LogP contribution >= 0.6 is 27.3 Å². The fraction of sp³-hybridized carbons (Fsp3) is 0.222. The number of hydrogen-bond acceptors (Lipinski definition) is 4. The Hall–Kier alpha value is -1.96. The SMILES string of the molecule is COCCn1c(=NC(=O)c2cc(OC)ccc2Br)sc2ccccc21. The molecular weight excluding hydrogens is 404 g/mol. The predicted octanol–water partition coefficient (Wildman–Crippen LogP) is 3.86. The monoisotopic (exact) mass is 420 g/mol. The summed E-state index contributed by atoms with van der Waals surface area (Å²) in [6.45, 7) is 1.18. The number of para-hydroxylation sites is 1. The van der Waals surface area contributed by atoms with E-state index in [-0.39, 0.29) is 5.91 Å². The summed E-state index contributed by atoms with van der Waals surface area (Å²) in [6, 6.07) is 13.3. The molecule has 0 saturated carbocycles. The minimum atomic E-state index is -0.316. The normalized spacial score (nSPS) is 11.9. The number of methoxy groups -OCH3 is 2. The molecule has 0 atom stereocenters. The van der Waals surface area contributed by atoms with Crippen molar-refractivity contribution in [3.05, 3.63) is 57.3 Å². The van der Waals surface area contributed by atoms with Crippen LogP contribution < -0.4 is 9.54 Å². The fourth-order valence-corrected chi connectivity index (χ4v) is 3.92. The van der Waals surface area contributed by atoms with E-state index in [2.05, 4.69) is 20.9 Å². The molecule has 7 heteroatoms. The zero-order valence-electron chi connectivity index (χ0n) is 13.9. The number of thiazole rings is 1. The summed E-state index contributed by atoms with van der Waals surface area (Å²) in [5, 5.41) is 0. The Morgan fingerprint density at radius 2 is 2.04 bits per heavy atom. The first-order valence-electron chi connectivity index (χ1n) is 7.64. The topological polar surface area (TPSA) is 52.8 Å². The first kappa shape index (κ1) is 17.8. The van der Waals surface area contributed by atoms with E-state index in [9.17, 15) is 4.79 Å². The highest BCUT2D eigenvalue weighted by atomic mass is 79.9. The molecule has 1 aromatic heterocycles. The summed E-state index contributed by atoms with van der Waals surface area (Å²) in [6.07, 6.45) is 0. The number of fused-ring (bicyclic) bond motifs is 1. The fourth-order valence-electron chi connectivity index (χ4n) is 2.45. The van der Waals surface area contributed by atoms with Crippen LogP contribution in [0.25, 0.3) is 10.2 Å². The lowest BCUT2D eigenvalue weighted by atomic mass is 10.2. The molecule has 0 saturated heterocycles. The maximum atomic E-state index is 12.7. The van der Waals surface area contributed by atoms with E-state index in [1.54, 1.807) is 32.4 Å². The van der Waals surface area contributed by atoms with E-state index in [1.807, 2.05) is 28.8 Å². The van der Waals surface area contributed by atoms with Gasteiger partial charge in [-0.3, -0.25) is 4.79 Å². The van der Waals surface area contributed by atoms with E-state index in [1.165, 1.54) is 11.3 Å². The number of carbonyl (C=O) groups excluding carboxylic acids is 1. The van der Waals surface area contributed by atoms with Gasteiger partial charge in [0.15, 0.2) is 4.80 Å². The van der Waals surface area contributed by atoms with Gasteiger partial charge in [-0.05, 0) is 46.3 Å². The van der Waals surface area contributed by atoms with Crippen molar-refractivity contribution >= 4 is 43.4 Å². The smallest absolute Gasteiger partial charge is 0.280 e. The third-order valence-corrected chi connectivity index (χ3v) is 5.46. The molecular formula is C18H17BrN2O3S. The van der Waals surface area contributed by atoms with E-state index in [0.717, 1.165) is 10.2 Å². The van der Waals surface area contributed by atoms with Crippen LogP contribution in [0.4, 0.5) is 0 Å². The van der Waals surface area contributed by atoms with Crippen LogP contribution in [0.1, 0.15) is 10.4 Å². The number of carbonyl (C=O) groups is 1. The quantitative estimate of drug-likeness (QED) is 0.629. The Morgan fingerprint density at radius 1 is 1.24 bits per heavy atom. The number of ether oxygens (including phenoxy) is 2. The standard InChI is InChI=1S/C18H17BrN2O3S/c1-23-10-9-21-15-5-3-4-6-16(15)25-18(21)20-17(22)13-11-12(24-2)7-8-14(13)19/h3-8,11H,9-10H2,1-2H3. The zero-order valence-corrected chi connectivity index (χ0v) is 16.3. The minimum Gasteiger partial charge on any atom is -0.497 e. The molecule has 0 spiro atoms. The van der Waals surface area contributed by atoms with Crippen molar-refractivity contribution in [1.29, 1.82) is 0 Å². The molecule has 3 aromatic rings. The molecule has 25 heavy (non-hydrogen) atoms. The van der Waals surface area contributed by atoms with E-state index in [0.29, 0.717) is 33.7 Å². The van der Waals surface area contributed by atoms with Gasteiger partial charge in [-0.25, -0.2) is 0 Å². The molecule has 2 aromatic carbocycles. The van der Waals surface area contributed by atoms with Crippen LogP contribution in [0.2, 0.25) is 0 Å². The van der Waals surface area contributed by atoms with E-state index < -0.39 is 0 Å². The predicted molar refractivity (Wildman–Crippen MR) is 102 cm³/mol. The Bertz CT molecular complexity index is 978. The summed E-state index contributed by atoms with van der Waals surface area (Å²) in [7, 11) is 3.23. The largest absolute Gasteiger partial charge is 0.497 e. The highest BCUT2D eigenvalue weighted by Crippen LogP contribution is 2.23. The molecule has 3 rings (SSSR count). The highest BCUT2D eigenvalue weighted by Gasteiger charge is 2.12.